The Hall–Kier alpha value is -1.94. The van der Waals surface area contributed by atoms with Crippen molar-refractivity contribution in [2.75, 3.05) is 14.2 Å². The molecule has 0 N–H and O–H groups in total. The van der Waals surface area contributed by atoms with Gasteiger partial charge in [0, 0.05) is 31.2 Å². The third kappa shape index (κ3) is 6.77. The minimum absolute atomic E-state index is 0.0336. The van der Waals surface area contributed by atoms with Gasteiger partial charge in [0.15, 0.2) is 18.1 Å². The second-order valence-corrected chi connectivity index (χ2v) is 9.93. The Morgan fingerprint density at radius 2 is 1.45 bits per heavy atom. The van der Waals surface area contributed by atoms with Crippen LogP contribution in [0.3, 0.4) is 0 Å². The SMILES string of the molecule is COC(C)Oc1ccc(PC(=O)c2c(C)cc(C(C)(C)C)cc2C)c(OC(C)OC)c1. The Morgan fingerprint density at radius 3 is 1.97 bits per heavy atom. The third-order valence-corrected chi connectivity index (χ3v) is 6.25. The van der Waals surface area contributed by atoms with Crippen LogP contribution < -0.4 is 14.8 Å². The zero-order valence-corrected chi connectivity index (χ0v) is 21.1. The summed E-state index contributed by atoms with van der Waals surface area (Å²) in [5, 5.41) is 0.810. The average Bonchev–Trinajstić information content (AvgIpc) is 2.68. The number of rotatable bonds is 9. The third-order valence-electron chi connectivity index (χ3n) is 5.09. The average molecular weight is 447 g/mol. The van der Waals surface area contributed by atoms with Gasteiger partial charge in [-0.3, -0.25) is 4.79 Å². The lowest BCUT2D eigenvalue weighted by Crippen LogP contribution is -2.19. The van der Waals surface area contributed by atoms with E-state index in [0.29, 0.717) is 11.5 Å². The highest BCUT2D eigenvalue weighted by Crippen LogP contribution is 2.33. The van der Waals surface area contributed by atoms with Crippen LogP contribution in [-0.4, -0.2) is 32.3 Å². The highest BCUT2D eigenvalue weighted by atomic mass is 31.1. The molecule has 0 aliphatic carbocycles. The van der Waals surface area contributed by atoms with E-state index < -0.39 is 12.6 Å². The van der Waals surface area contributed by atoms with Crippen LogP contribution in [0, 0.1) is 13.8 Å². The summed E-state index contributed by atoms with van der Waals surface area (Å²) >= 11 is 0. The second-order valence-electron chi connectivity index (χ2n) is 8.69. The molecule has 0 fully saturated rings. The maximum absolute atomic E-state index is 13.3. The van der Waals surface area contributed by atoms with E-state index in [1.165, 1.54) is 5.56 Å². The summed E-state index contributed by atoms with van der Waals surface area (Å²) in [6, 6.07) is 9.73. The Balaban J connectivity index is 2.37. The van der Waals surface area contributed by atoms with Gasteiger partial charge in [0.05, 0.1) is 0 Å². The van der Waals surface area contributed by atoms with Crippen LogP contribution in [0.25, 0.3) is 0 Å². The largest absolute Gasteiger partial charge is 0.465 e. The molecule has 0 saturated heterocycles. The number of hydrogen-bond donors (Lipinski definition) is 0. The lowest BCUT2D eigenvalue weighted by Gasteiger charge is -2.22. The van der Waals surface area contributed by atoms with Gasteiger partial charge in [0.25, 0.3) is 0 Å². The van der Waals surface area contributed by atoms with Crippen LogP contribution in [0.4, 0.5) is 0 Å². The van der Waals surface area contributed by atoms with Crippen LogP contribution in [0.5, 0.6) is 11.5 Å². The van der Waals surface area contributed by atoms with Gasteiger partial charge >= 0.3 is 0 Å². The number of methoxy groups -OCH3 is 2. The van der Waals surface area contributed by atoms with Crippen molar-refractivity contribution in [2.24, 2.45) is 0 Å². The monoisotopic (exact) mass is 446 g/mol. The predicted molar refractivity (Wildman–Crippen MR) is 128 cm³/mol. The lowest BCUT2D eigenvalue weighted by molar-refractivity contribution is -0.0421. The zero-order chi connectivity index (χ0) is 23.3. The van der Waals surface area contributed by atoms with E-state index in [0.717, 1.165) is 22.0 Å². The first-order valence-electron chi connectivity index (χ1n) is 10.4. The number of carbonyl (C=O) groups excluding carboxylic acids is 1. The fourth-order valence-corrected chi connectivity index (χ4v) is 4.37. The van der Waals surface area contributed by atoms with Gasteiger partial charge in [0.1, 0.15) is 11.5 Å². The van der Waals surface area contributed by atoms with Crippen molar-refractivity contribution in [3.63, 3.8) is 0 Å². The van der Waals surface area contributed by atoms with Gasteiger partial charge in [-0.1, -0.05) is 32.9 Å². The standard InChI is InChI=1S/C25H35O5P/c1-15-12-19(25(5,6)7)13-16(2)23(15)24(26)31-22-11-10-20(29-17(3)27-8)14-21(22)30-18(4)28-9/h10-14,17-18,31H,1-9H3. The van der Waals surface area contributed by atoms with Crippen molar-refractivity contribution in [3.8, 4) is 11.5 Å². The van der Waals surface area contributed by atoms with Crippen molar-refractivity contribution >= 4 is 19.4 Å². The van der Waals surface area contributed by atoms with Crippen LogP contribution in [-0.2, 0) is 14.9 Å². The first-order valence-corrected chi connectivity index (χ1v) is 11.4. The quantitative estimate of drug-likeness (QED) is 0.377. The molecule has 2 aromatic rings. The second kappa shape index (κ2) is 10.6. The van der Waals surface area contributed by atoms with Crippen LogP contribution in [0.1, 0.15) is 61.7 Å². The number of benzene rings is 2. The molecule has 2 aromatic carbocycles. The lowest BCUT2D eigenvalue weighted by atomic mass is 9.84. The molecule has 170 valence electrons. The fourth-order valence-electron chi connectivity index (χ4n) is 3.18. The molecule has 6 heteroatoms. The highest BCUT2D eigenvalue weighted by molar-refractivity contribution is 7.66. The molecule has 0 aromatic heterocycles. The molecule has 31 heavy (non-hydrogen) atoms. The van der Waals surface area contributed by atoms with Gasteiger partial charge in [-0.15, -0.1) is 0 Å². The molecule has 0 spiro atoms. The molecule has 0 bridgehead atoms. The van der Waals surface area contributed by atoms with Crippen molar-refractivity contribution < 1.29 is 23.7 Å². The van der Waals surface area contributed by atoms with E-state index in [1.54, 1.807) is 27.2 Å². The first kappa shape index (κ1) is 25.3. The zero-order valence-electron chi connectivity index (χ0n) is 20.1. The molecule has 0 aliphatic heterocycles. The maximum Gasteiger partial charge on any atom is 0.196 e. The molecule has 5 nitrogen and oxygen atoms in total. The Labute approximate surface area is 188 Å². The number of aryl methyl sites for hydroxylation is 2. The first-order chi connectivity index (χ1) is 14.5. The molecule has 2 rings (SSSR count). The van der Waals surface area contributed by atoms with E-state index in [9.17, 15) is 4.79 Å². The van der Waals surface area contributed by atoms with E-state index in [1.807, 2.05) is 32.9 Å². The summed E-state index contributed by atoms with van der Waals surface area (Å²) in [4.78, 5) is 13.3. The minimum Gasteiger partial charge on any atom is -0.465 e. The molecule has 0 saturated carbocycles. The Kier molecular flexibility index (Phi) is 8.65. The number of ether oxygens (including phenoxy) is 4. The predicted octanol–water partition coefficient (Wildman–Crippen LogP) is 5.49. The Bertz CT molecular complexity index is 894. The Morgan fingerprint density at radius 1 is 0.903 bits per heavy atom. The van der Waals surface area contributed by atoms with Crippen molar-refractivity contribution in [1.82, 2.24) is 0 Å². The molecule has 3 atom stereocenters. The van der Waals surface area contributed by atoms with Crippen LogP contribution >= 0.6 is 8.58 Å². The molecule has 0 radical (unpaired) electrons. The van der Waals surface area contributed by atoms with E-state index in [4.69, 9.17) is 18.9 Å². The van der Waals surface area contributed by atoms with Gasteiger partial charge < -0.3 is 18.9 Å². The van der Waals surface area contributed by atoms with Gasteiger partial charge in [-0.2, -0.15) is 0 Å². The summed E-state index contributed by atoms with van der Waals surface area (Å²) in [5.74, 6) is 1.18. The minimum atomic E-state index is -0.455. The normalized spacial score (nSPS) is 14.0. The molecule has 0 amide bonds. The molecular formula is C25H35O5P. The summed E-state index contributed by atoms with van der Waals surface area (Å²) in [6.45, 7) is 14.2. The molecule has 0 aliphatic rings. The number of carbonyl (C=O) groups is 1. The van der Waals surface area contributed by atoms with E-state index in [-0.39, 0.29) is 19.5 Å². The highest BCUT2D eigenvalue weighted by Gasteiger charge is 2.21. The molecule has 0 heterocycles. The van der Waals surface area contributed by atoms with E-state index in [2.05, 4.69) is 32.9 Å². The molecule has 3 unspecified atom stereocenters. The smallest absolute Gasteiger partial charge is 0.196 e. The summed E-state index contributed by atoms with van der Waals surface area (Å²) in [7, 11) is 3.08. The van der Waals surface area contributed by atoms with Gasteiger partial charge in [0.2, 0.25) is 0 Å². The van der Waals surface area contributed by atoms with Crippen molar-refractivity contribution in [2.45, 2.75) is 66.5 Å². The maximum atomic E-state index is 13.3. The molecular weight excluding hydrogens is 411 g/mol. The summed E-state index contributed by atoms with van der Waals surface area (Å²) in [6.07, 6.45) is -0.849. The van der Waals surface area contributed by atoms with Crippen molar-refractivity contribution in [1.29, 1.82) is 0 Å². The van der Waals surface area contributed by atoms with Gasteiger partial charge in [-0.25, -0.2) is 0 Å². The van der Waals surface area contributed by atoms with Crippen LogP contribution in [0.2, 0.25) is 0 Å². The number of hydrogen-bond acceptors (Lipinski definition) is 5. The van der Waals surface area contributed by atoms with E-state index >= 15 is 0 Å². The summed E-state index contributed by atoms with van der Waals surface area (Å²) in [5.41, 5.74) is 4.14. The fraction of sp³-hybridized carbons (Fsp3) is 0.480. The summed E-state index contributed by atoms with van der Waals surface area (Å²) < 4.78 is 22.1. The topological polar surface area (TPSA) is 54.0 Å². The van der Waals surface area contributed by atoms with Crippen molar-refractivity contribution in [3.05, 3.63) is 52.6 Å². The van der Waals surface area contributed by atoms with Gasteiger partial charge in [-0.05, 0) is 70.5 Å². The van der Waals surface area contributed by atoms with Crippen LogP contribution in [0.15, 0.2) is 30.3 Å².